The van der Waals surface area contributed by atoms with Crippen molar-refractivity contribution >= 4 is 12.0 Å². The van der Waals surface area contributed by atoms with E-state index in [1.54, 1.807) is 9.58 Å². The molecule has 0 saturated carbocycles. The van der Waals surface area contributed by atoms with Crippen LogP contribution in [0.1, 0.15) is 38.6 Å². The Hall–Kier alpha value is -1.63. The zero-order chi connectivity index (χ0) is 14.0. The van der Waals surface area contributed by atoms with Crippen molar-refractivity contribution < 1.29 is 4.79 Å². The molecule has 3 N–H and O–H groups in total. The fraction of sp³-hybridized carbons (Fsp3) is 0.750. The summed E-state index contributed by atoms with van der Waals surface area (Å²) in [6.07, 6.45) is 1.70. The molecule has 0 bridgehead atoms. The SMILES string of the molecule is Cc1nc(NC(=O)N2CCC(N)CC2)nn1C(C)C. The van der Waals surface area contributed by atoms with Gasteiger partial charge < -0.3 is 10.6 Å². The van der Waals surface area contributed by atoms with Crippen LogP contribution in [0.5, 0.6) is 0 Å². The number of nitrogens with zero attached hydrogens (tertiary/aromatic N) is 4. The molecule has 0 atom stereocenters. The Morgan fingerprint density at radius 3 is 2.58 bits per heavy atom. The number of hydrogen-bond acceptors (Lipinski definition) is 4. The van der Waals surface area contributed by atoms with Gasteiger partial charge in [-0.2, -0.15) is 4.98 Å². The average Bonchev–Trinajstić information content (AvgIpc) is 2.71. The summed E-state index contributed by atoms with van der Waals surface area (Å²) in [6, 6.07) is 0.295. The van der Waals surface area contributed by atoms with Crippen LogP contribution in [0.3, 0.4) is 0 Å². The Labute approximate surface area is 113 Å². The topological polar surface area (TPSA) is 89.1 Å². The lowest BCUT2D eigenvalue weighted by molar-refractivity contribution is 0.195. The number of piperidine rings is 1. The lowest BCUT2D eigenvalue weighted by Gasteiger charge is -2.29. The molecule has 1 saturated heterocycles. The van der Waals surface area contributed by atoms with E-state index in [-0.39, 0.29) is 18.1 Å². The largest absolute Gasteiger partial charge is 0.328 e. The lowest BCUT2D eigenvalue weighted by atomic mass is 10.1. The van der Waals surface area contributed by atoms with E-state index < -0.39 is 0 Å². The summed E-state index contributed by atoms with van der Waals surface area (Å²) < 4.78 is 1.79. The van der Waals surface area contributed by atoms with Crippen molar-refractivity contribution in [2.75, 3.05) is 18.4 Å². The molecule has 0 unspecified atom stereocenters. The van der Waals surface area contributed by atoms with Gasteiger partial charge in [-0.25, -0.2) is 9.48 Å². The van der Waals surface area contributed by atoms with Crippen LogP contribution in [0.4, 0.5) is 10.7 Å². The number of amides is 2. The van der Waals surface area contributed by atoms with Crippen molar-refractivity contribution in [2.24, 2.45) is 5.73 Å². The summed E-state index contributed by atoms with van der Waals surface area (Å²) in [5.74, 6) is 1.16. The molecule has 106 valence electrons. The van der Waals surface area contributed by atoms with E-state index in [1.165, 1.54) is 0 Å². The summed E-state index contributed by atoms with van der Waals surface area (Å²) in [5.41, 5.74) is 5.82. The highest BCUT2D eigenvalue weighted by Crippen LogP contribution is 2.12. The maximum atomic E-state index is 12.0. The minimum absolute atomic E-state index is 0.146. The van der Waals surface area contributed by atoms with Gasteiger partial charge >= 0.3 is 6.03 Å². The van der Waals surface area contributed by atoms with Gasteiger partial charge in [-0.15, -0.1) is 5.10 Å². The highest BCUT2D eigenvalue weighted by atomic mass is 16.2. The van der Waals surface area contributed by atoms with Crippen molar-refractivity contribution in [2.45, 2.75) is 45.7 Å². The minimum Gasteiger partial charge on any atom is -0.328 e. The number of aromatic nitrogens is 3. The molecule has 0 spiro atoms. The van der Waals surface area contributed by atoms with Crippen LogP contribution in [-0.2, 0) is 0 Å². The van der Waals surface area contributed by atoms with E-state index >= 15 is 0 Å². The Kier molecular flexibility index (Phi) is 4.04. The third-order valence-electron chi connectivity index (χ3n) is 3.34. The van der Waals surface area contributed by atoms with Crippen LogP contribution >= 0.6 is 0 Å². The van der Waals surface area contributed by atoms with Crippen molar-refractivity contribution in [3.05, 3.63) is 5.82 Å². The van der Waals surface area contributed by atoms with Gasteiger partial charge in [0, 0.05) is 25.2 Å². The lowest BCUT2D eigenvalue weighted by Crippen LogP contribution is -2.44. The van der Waals surface area contributed by atoms with Crippen molar-refractivity contribution in [1.29, 1.82) is 0 Å². The standard InChI is InChI=1S/C12H22N6O/c1-8(2)18-9(3)14-11(16-18)15-12(19)17-6-4-10(13)5-7-17/h8,10H,4-7,13H2,1-3H3,(H,15,16,19). The third kappa shape index (κ3) is 3.23. The molecule has 7 nitrogen and oxygen atoms in total. The molecular weight excluding hydrogens is 244 g/mol. The first-order valence-electron chi connectivity index (χ1n) is 6.72. The average molecular weight is 266 g/mol. The number of anilines is 1. The third-order valence-corrected chi connectivity index (χ3v) is 3.34. The summed E-state index contributed by atoms with van der Waals surface area (Å²) in [6.45, 7) is 7.31. The zero-order valence-corrected chi connectivity index (χ0v) is 11.8. The van der Waals surface area contributed by atoms with E-state index in [2.05, 4.69) is 15.4 Å². The normalized spacial score (nSPS) is 17.0. The van der Waals surface area contributed by atoms with E-state index in [1.807, 2.05) is 20.8 Å². The van der Waals surface area contributed by atoms with Crippen molar-refractivity contribution in [3.8, 4) is 0 Å². The fourth-order valence-electron chi connectivity index (χ4n) is 2.22. The maximum Gasteiger partial charge on any atom is 0.324 e. The predicted molar refractivity (Wildman–Crippen MR) is 72.9 cm³/mol. The van der Waals surface area contributed by atoms with Gasteiger partial charge in [0.25, 0.3) is 0 Å². The van der Waals surface area contributed by atoms with Gasteiger partial charge in [0.1, 0.15) is 5.82 Å². The summed E-state index contributed by atoms with van der Waals surface area (Å²) >= 11 is 0. The molecule has 2 rings (SSSR count). The number of rotatable bonds is 2. The highest BCUT2D eigenvalue weighted by Gasteiger charge is 2.21. The zero-order valence-electron chi connectivity index (χ0n) is 11.8. The predicted octanol–water partition coefficient (Wildman–Crippen LogP) is 1.12. The monoisotopic (exact) mass is 266 g/mol. The molecule has 1 aliphatic rings. The van der Waals surface area contributed by atoms with E-state index in [9.17, 15) is 4.79 Å². The van der Waals surface area contributed by atoms with E-state index in [0.717, 1.165) is 18.7 Å². The summed E-state index contributed by atoms with van der Waals surface area (Å²) in [7, 11) is 0. The van der Waals surface area contributed by atoms with Crippen LogP contribution in [0.2, 0.25) is 0 Å². The van der Waals surface area contributed by atoms with Crippen LogP contribution in [-0.4, -0.2) is 44.8 Å². The first-order valence-corrected chi connectivity index (χ1v) is 6.72. The van der Waals surface area contributed by atoms with Crippen molar-refractivity contribution in [3.63, 3.8) is 0 Å². The molecule has 1 aromatic heterocycles. The van der Waals surface area contributed by atoms with Gasteiger partial charge in [-0.05, 0) is 33.6 Å². The molecule has 19 heavy (non-hydrogen) atoms. The number of likely N-dealkylation sites (tertiary alicyclic amines) is 1. The number of hydrogen-bond donors (Lipinski definition) is 2. The number of carbonyl (C=O) groups is 1. The smallest absolute Gasteiger partial charge is 0.324 e. The van der Waals surface area contributed by atoms with Gasteiger partial charge in [0.05, 0.1) is 0 Å². The summed E-state index contributed by atoms with van der Waals surface area (Å²) in [5, 5.41) is 7.03. The molecule has 0 aliphatic carbocycles. The Balaban J connectivity index is 1.97. The fourth-order valence-corrected chi connectivity index (χ4v) is 2.22. The Morgan fingerprint density at radius 1 is 1.42 bits per heavy atom. The molecule has 2 heterocycles. The summed E-state index contributed by atoms with van der Waals surface area (Å²) in [4.78, 5) is 18.1. The van der Waals surface area contributed by atoms with Crippen LogP contribution in [0.25, 0.3) is 0 Å². The van der Waals surface area contributed by atoms with Gasteiger partial charge in [0.2, 0.25) is 5.95 Å². The first kappa shape index (κ1) is 13.8. The van der Waals surface area contributed by atoms with Gasteiger partial charge in [0.15, 0.2) is 0 Å². The number of nitrogens with one attached hydrogen (secondary N) is 1. The second-order valence-corrected chi connectivity index (χ2v) is 5.28. The molecule has 7 heteroatoms. The molecule has 2 amide bonds. The molecule has 0 aromatic carbocycles. The second kappa shape index (κ2) is 5.56. The molecule has 1 aromatic rings. The van der Waals surface area contributed by atoms with Crippen molar-refractivity contribution in [1.82, 2.24) is 19.7 Å². The van der Waals surface area contributed by atoms with E-state index in [0.29, 0.717) is 19.0 Å². The molecule has 1 aliphatic heterocycles. The Bertz CT molecular complexity index is 447. The quantitative estimate of drug-likeness (QED) is 0.839. The van der Waals surface area contributed by atoms with Gasteiger partial charge in [-0.3, -0.25) is 5.32 Å². The van der Waals surface area contributed by atoms with Crippen LogP contribution < -0.4 is 11.1 Å². The molecular formula is C12H22N6O. The Morgan fingerprint density at radius 2 is 2.05 bits per heavy atom. The van der Waals surface area contributed by atoms with E-state index in [4.69, 9.17) is 5.73 Å². The minimum atomic E-state index is -0.146. The highest BCUT2D eigenvalue weighted by molar-refractivity contribution is 5.87. The maximum absolute atomic E-state index is 12.0. The second-order valence-electron chi connectivity index (χ2n) is 5.28. The van der Waals surface area contributed by atoms with Crippen LogP contribution in [0.15, 0.2) is 0 Å². The number of urea groups is 1. The molecule has 1 fully saturated rings. The number of carbonyl (C=O) groups excluding carboxylic acids is 1. The van der Waals surface area contributed by atoms with Gasteiger partial charge in [-0.1, -0.05) is 0 Å². The number of nitrogens with two attached hydrogens (primary N) is 1. The number of aryl methyl sites for hydroxylation is 1. The first-order chi connectivity index (χ1) is 8.97. The molecule has 0 radical (unpaired) electrons. The van der Waals surface area contributed by atoms with Crippen LogP contribution in [0, 0.1) is 6.92 Å².